The van der Waals surface area contributed by atoms with Crippen LogP contribution in [0.25, 0.3) is 0 Å². The summed E-state index contributed by atoms with van der Waals surface area (Å²) >= 11 is 8.04. The largest absolute Gasteiger partial charge is 0.419 e. The SMILES string of the molecule is Nc1ncc(Br)c(C(F)(F)F)c1Cl. The average Bonchev–Trinajstić information content (AvgIpc) is 1.95. The molecule has 0 fully saturated rings. The molecule has 7 heteroatoms. The Balaban J connectivity index is 3.43. The van der Waals surface area contributed by atoms with Crippen molar-refractivity contribution in [3.8, 4) is 0 Å². The van der Waals surface area contributed by atoms with E-state index in [1.807, 2.05) is 0 Å². The van der Waals surface area contributed by atoms with E-state index in [2.05, 4.69) is 20.9 Å². The zero-order valence-electron chi connectivity index (χ0n) is 5.99. The van der Waals surface area contributed by atoms with Crippen LogP contribution < -0.4 is 5.73 Å². The van der Waals surface area contributed by atoms with Gasteiger partial charge in [-0.15, -0.1) is 0 Å². The molecule has 0 bridgehead atoms. The van der Waals surface area contributed by atoms with Crippen LogP contribution in [0.15, 0.2) is 10.7 Å². The Morgan fingerprint density at radius 3 is 2.38 bits per heavy atom. The molecule has 1 aromatic rings. The molecule has 0 aliphatic rings. The third-order valence-electron chi connectivity index (χ3n) is 1.28. The number of nitrogens with two attached hydrogens (primary N) is 1. The zero-order chi connectivity index (χ0) is 10.2. The second-order valence-electron chi connectivity index (χ2n) is 2.18. The normalized spacial score (nSPS) is 11.8. The van der Waals surface area contributed by atoms with E-state index in [1.165, 1.54) is 0 Å². The van der Waals surface area contributed by atoms with Gasteiger partial charge in [-0.1, -0.05) is 11.6 Å². The van der Waals surface area contributed by atoms with Gasteiger partial charge in [-0.05, 0) is 15.9 Å². The first-order valence-electron chi connectivity index (χ1n) is 3.00. The minimum absolute atomic E-state index is 0.223. The summed E-state index contributed by atoms with van der Waals surface area (Å²) in [6, 6.07) is 0. The van der Waals surface area contributed by atoms with Gasteiger partial charge in [0, 0.05) is 10.7 Å². The van der Waals surface area contributed by atoms with Gasteiger partial charge in [0.2, 0.25) is 0 Å². The second-order valence-corrected chi connectivity index (χ2v) is 3.41. The van der Waals surface area contributed by atoms with Crippen LogP contribution in [0, 0.1) is 0 Å². The topological polar surface area (TPSA) is 38.9 Å². The molecule has 13 heavy (non-hydrogen) atoms. The number of halogens is 5. The van der Waals surface area contributed by atoms with Crippen molar-refractivity contribution >= 4 is 33.3 Å². The van der Waals surface area contributed by atoms with Gasteiger partial charge in [-0.3, -0.25) is 0 Å². The van der Waals surface area contributed by atoms with Crippen molar-refractivity contribution in [1.82, 2.24) is 4.98 Å². The van der Waals surface area contributed by atoms with Gasteiger partial charge >= 0.3 is 6.18 Å². The summed E-state index contributed by atoms with van der Waals surface area (Å²) in [5, 5.41) is -0.582. The maximum absolute atomic E-state index is 12.3. The fraction of sp³-hybridized carbons (Fsp3) is 0.167. The van der Waals surface area contributed by atoms with E-state index in [0.29, 0.717) is 0 Å². The van der Waals surface area contributed by atoms with Crippen LogP contribution in [0.1, 0.15) is 5.56 Å². The Labute approximate surface area is 85.0 Å². The van der Waals surface area contributed by atoms with Crippen LogP contribution in [0.5, 0.6) is 0 Å². The van der Waals surface area contributed by atoms with Crippen LogP contribution in [0.3, 0.4) is 0 Å². The van der Waals surface area contributed by atoms with Crippen molar-refractivity contribution in [3.05, 3.63) is 21.3 Å². The molecule has 0 radical (unpaired) electrons. The molecule has 1 rings (SSSR count). The summed E-state index contributed by atoms with van der Waals surface area (Å²) < 4.78 is 36.7. The highest BCUT2D eigenvalue weighted by molar-refractivity contribution is 9.10. The molecule has 0 spiro atoms. The summed E-state index contributed by atoms with van der Waals surface area (Å²) in [5.74, 6) is -0.336. The number of aromatic nitrogens is 1. The van der Waals surface area contributed by atoms with Crippen molar-refractivity contribution in [2.45, 2.75) is 6.18 Å². The average molecular weight is 275 g/mol. The molecule has 2 N–H and O–H groups in total. The molecule has 0 saturated heterocycles. The fourth-order valence-electron chi connectivity index (χ4n) is 0.740. The first kappa shape index (κ1) is 10.6. The van der Waals surface area contributed by atoms with Gasteiger partial charge in [0.15, 0.2) is 0 Å². The predicted octanol–water partition coefficient (Wildman–Crippen LogP) is 3.10. The van der Waals surface area contributed by atoms with Crippen LogP contribution in [0.2, 0.25) is 5.02 Å². The van der Waals surface area contributed by atoms with Crippen LogP contribution >= 0.6 is 27.5 Å². The number of nitrogen functional groups attached to an aromatic ring is 1. The van der Waals surface area contributed by atoms with Crippen LogP contribution in [-0.2, 0) is 6.18 Å². The van der Waals surface area contributed by atoms with Crippen LogP contribution in [0.4, 0.5) is 19.0 Å². The van der Waals surface area contributed by atoms with Crippen molar-refractivity contribution in [1.29, 1.82) is 0 Å². The van der Waals surface area contributed by atoms with Gasteiger partial charge in [0.25, 0.3) is 0 Å². The zero-order valence-corrected chi connectivity index (χ0v) is 8.33. The molecule has 0 aliphatic heterocycles. The summed E-state index contributed by atoms with van der Waals surface area (Å²) in [7, 11) is 0. The lowest BCUT2D eigenvalue weighted by molar-refractivity contribution is -0.138. The molecule has 0 atom stereocenters. The standard InChI is InChI=1S/C6H3BrClF3N2/c7-2-1-13-5(12)4(8)3(2)6(9,10)11/h1H,(H2,12,13). The molecule has 2 nitrogen and oxygen atoms in total. The van der Waals surface area contributed by atoms with Gasteiger partial charge in [-0.2, -0.15) is 13.2 Å². The van der Waals surface area contributed by atoms with Crippen molar-refractivity contribution < 1.29 is 13.2 Å². The maximum Gasteiger partial charge on any atom is 0.419 e. The Morgan fingerprint density at radius 1 is 1.46 bits per heavy atom. The molecule has 0 amide bonds. The molecule has 1 heterocycles. The van der Waals surface area contributed by atoms with Gasteiger partial charge < -0.3 is 5.73 Å². The Kier molecular flexibility index (Phi) is 2.72. The van der Waals surface area contributed by atoms with Crippen molar-refractivity contribution in [2.24, 2.45) is 0 Å². The Bertz CT molecular complexity index is 339. The summed E-state index contributed by atoms with van der Waals surface area (Å²) in [4.78, 5) is 3.45. The van der Waals surface area contributed by atoms with Gasteiger partial charge in [0.05, 0.1) is 10.6 Å². The van der Waals surface area contributed by atoms with Crippen LogP contribution in [-0.4, -0.2) is 4.98 Å². The minimum atomic E-state index is -4.53. The number of anilines is 1. The van der Waals surface area contributed by atoms with E-state index in [0.717, 1.165) is 6.20 Å². The molecule has 0 unspecified atom stereocenters. The molecule has 72 valence electrons. The summed E-state index contributed by atoms with van der Waals surface area (Å²) in [6.07, 6.45) is -3.57. The number of nitrogens with zero attached hydrogens (tertiary/aromatic N) is 1. The quantitative estimate of drug-likeness (QED) is 0.790. The third-order valence-corrected chi connectivity index (χ3v) is 2.27. The van der Waals surface area contributed by atoms with Crippen molar-refractivity contribution in [3.63, 3.8) is 0 Å². The highest BCUT2D eigenvalue weighted by Crippen LogP contribution is 2.40. The van der Waals surface area contributed by atoms with E-state index in [-0.39, 0.29) is 10.3 Å². The fourth-order valence-corrected chi connectivity index (χ4v) is 1.64. The highest BCUT2D eigenvalue weighted by Gasteiger charge is 2.36. The van der Waals surface area contributed by atoms with E-state index < -0.39 is 16.8 Å². The number of pyridine rings is 1. The predicted molar refractivity (Wildman–Crippen MR) is 46.4 cm³/mol. The number of hydrogen-bond donors (Lipinski definition) is 1. The molecular weight excluding hydrogens is 272 g/mol. The smallest absolute Gasteiger partial charge is 0.382 e. The lowest BCUT2D eigenvalue weighted by Crippen LogP contribution is -2.09. The summed E-state index contributed by atoms with van der Waals surface area (Å²) in [5.41, 5.74) is 4.12. The highest BCUT2D eigenvalue weighted by atomic mass is 79.9. The Hall–Kier alpha value is -0.490. The van der Waals surface area contributed by atoms with Gasteiger partial charge in [0.1, 0.15) is 5.82 Å². The van der Waals surface area contributed by atoms with Crippen molar-refractivity contribution in [2.75, 3.05) is 5.73 Å². The molecular formula is C6H3BrClF3N2. The Morgan fingerprint density at radius 2 is 2.00 bits per heavy atom. The van der Waals surface area contributed by atoms with E-state index >= 15 is 0 Å². The van der Waals surface area contributed by atoms with Gasteiger partial charge in [-0.25, -0.2) is 4.98 Å². The lowest BCUT2D eigenvalue weighted by Gasteiger charge is -2.11. The molecule has 1 aromatic heterocycles. The molecule has 0 saturated carbocycles. The second kappa shape index (κ2) is 3.34. The number of rotatable bonds is 0. The molecule has 0 aromatic carbocycles. The van der Waals surface area contributed by atoms with E-state index in [1.54, 1.807) is 0 Å². The first-order chi connectivity index (χ1) is 5.84. The van der Waals surface area contributed by atoms with E-state index in [9.17, 15) is 13.2 Å². The lowest BCUT2D eigenvalue weighted by atomic mass is 10.2. The van der Waals surface area contributed by atoms with E-state index in [4.69, 9.17) is 17.3 Å². The summed E-state index contributed by atoms with van der Waals surface area (Å²) in [6.45, 7) is 0. The maximum atomic E-state index is 12.3. The molecule has 0 aliphatic carbocycles. The first-order valence-corrected chi connectivity index (χ1v) is 4.18. The number of hydrogen-bond acceptors (Lipinski definition) is 2. The third kappa shape index (κ3) is 2.05. The monoisotopic (exact) mass is 274 g/mol. The minimum Gasteiger partial charge on any atom is -0.382 e. The number of alkyl halides is 3.